The molecule has 2 N–H and O–H groups in total. The van der Waals surface area contributed by atoms with E-state index in [1.165, 1.54) is 24.2 Å². The Morgan fingerprint density at radius 3 is 2.87 bits per heavy atom. The highest BCUT2D eigenvalue weighted by Crippen LogP contribution is 2.28. The average Bonchev–Trinajstić information content (AvgIpc) is 3.15. The van der Waals surface area contributed by atoms with Gasteiger partial charge in [0.2, 0.25) is 5.91 Å². The molecule has 0 bridgehead atoms. The largest absolute Gasteiger partial charge is 0.337 e. The van der Waals surface area contributed by atoms with Gasteiger partial charge in [0.15, 0.2) is 5.13 Å². The van der Waals surface area contributed by atoms with Crippen LogP contribution in [-0.4, -0.2) is 34.4 Å². The molecule has 6 nitrogen and oxygen atoms in total. The Kier molecular flexibility index (Phi) is 5.15. The predicted molar refractivity (Wildman–Crippen MR) is 90.6 cm³/mol. The van der Waals surface area contributed by atoms with Gasteiger partial charge in [-0.3, -0.25) is 10.1 Å². The highest BCUT2D eigenvalue weighted by Gasteiger charge is 2.24. The number of urea groups is 1. The maximum absolute atomic E-state index is 12.0. The van der Waals surface area contributed by atoms with Crippen LogP contribution in [0.3, 0.4) is 0 Å². The predicted octanol–water partition coefficient (Wildman–Crippen LogP) is 2.89. The van der Waals surface area contributed by atoms with Crippen molar-refractivity contribution in [2.75, 3.05) is 11.9 Å². The smallest absolute Gasteiger partial charge is 0.321 e. The average molecular weight is 336 g/mol. The summed E-state index contributed by atoms with van der Waals surface area (Å²) < 4.78 is 0. The van der Waals surface area contributed by atoms with E-state index in [-0.39, 0.29) is 11.9 Å². The van der Waals surface area contributed by atoms with Gasteiger partial charge < -0.3 is 10.2 Å². The number of nitrogens with zero attached hydrogens (tertiary/aromatic N) is 2. The number of carbonyl (C=O) groups excluding carboxylic acids is 2. The maximum Gasteiger partial charge on any atom is 0.321 e. The van der Waals surface area contributed by atoms with Crippen molar-refractivity contribution in [2.45, 2.75) is 64.5 Å². The van der Waals surface area contributed by atoms with Crippen molar-refractivity contribution >= 4 is 28.4 Å². The van der Waals surface area contributed by atoms with Crippen molar-refractivity contribution < 1.29 is 9.59 Å². The van der Waals surface area contributed by atoms with Crippen LogP contribution < -0.4 is 10.6 Å². The van der Waals surface area contributed by atoms with E-state index < -0.39 is 0 Å². The Bertz CT molecular complexity index is 581. The number of anilines is 1. The van der Waals surface area contributed by atoms with E-state index in [2.05, 4.69) is 15.6 Å². The van der Waals surface area contributed by atoms with Gasteiger partial charge in [0, 0.05) is 30.3 Å². The fourth-order valence-electron chi connectivity index (χ4n) is 3.22. The first-order valence-electron chi connectivity index (χ1n) is 8.49. The molecule has 126 valence electrons. The maximum atomic E-state index is 12.0. The first-order valence-corrected chi connectivity index (χ1v) is 9.31. The summed E-state index contributed by atoms with van der Waals surface area (Å²) in [6.07, 6.45) is 6.76. The topological polar surface area (TPSA) is 74.3 Å². The molecule has 0 saturated heterocycles. The summed E-state index contributed by atoms with van der Waals surface area (Å²) in [5.41, 5.74) is 1.02. The minimum absolute atomic E-state index is 0.165. The molecule has 0 radical (unpaired) electrons. The second-order valence-electron chi connectivity index (χ2n) is 6.28. The minimum atomic E-state index is -0.165. The fourth-order valence-corrected chi connectivity index (χ4v) is 4.24. The molecule has 1 fully saturated rings. The number of carbonyl (C=O) groups is 2. The van der Waals surface area contributed by atoms with Gasteiger partial charge in [-0.05, 0) is 19.3 Å². The van der Waals surface area contributed by atoms with E-state index in [1.54, 1.807) is 0 Å². The van der Waals surface area contributed by atoms with E-state index in [4.69, 9.17) is 0 Å². The van der Waals surface area contributed by atoms with Crippen LogP contribution in [-0.2, 0) is 17.8 Å². The van der Waals surface area contributed by atoms with Gasteiger partial charge in [-0.1, -0.05) is 31.1 Å². The molecular formula is C16H24N4O2S. The standard InChI is InChI=1S/C16H24N4O2S/c1-2-5-14(21)20-9-8-12-13(10-20)23-16(18-12)19-15(22)17-11-6-3-4-7-11/h11H,2-10H2,1H3,(H2,17,18,19,22). The number of thiazole rings is 1. The summed E-state index contributed by atoms with van der Waals surface area (Å²) in [4.78, 5) is 31.5. The zero-order chi connectivity index (χ0) is 16.2. The highest BCUT2D eigenvalue weighted by molar-refractivity contribution is 7.15. The normalized spacial score (nSPS) is 17.9. The molecule has 3 rings (SSSR count). The number of hydrogen-bond donors (Lipinski definition) is 2. The van der Waals surface area contributed by atoms with Gasteiger partial charge >= 0.3 is 6.03 Å². The first-order chi connectivity index (χ1) is 11.2. The molecule has 0 spiro atoms. The third-order valence-electron chi connectivity index (χ3n) is 4.46. The van der Waals surface area contributed by atoms with Crippen molar-refractivity contribution in [1.82, 2.24) is 15.2 Å². The SMILES string of the molecule is CCCC(=O)N1CCc2nc(NC(=O)NC3CCCC3)sc2C1. The molecule has 2 heterocycles. The lowest BCUT2D eigenvalue weighted by atomic mass is 10.1. The Balaban J connectivity index is 1.57. The van der Waals surface area contributed by atoms with Crippen LogP contribution in [0.2, 0.25) is 0 Å². The van der Waals surface area contributed by atoms with Gasteiger partial charge in [0.1, 0.15) is 0 Å². The Hall–Kier alpha value is -1.63. The Morgan fingerprint density at radius 1 is 1.35 bits per heavy atom. The summed E-state index contributed by atoms with van der Waals surface area (Å²) in [6.45, 7) is 3.37. The van der Waals surface area contributed by atoms with Crippen LogP contribution in [0.4, 0.5) is 9.93 Å². The number of hydrogen-bond acceptors (Lipinski definition) is 4. The fraction of sp³-hybridized carbons (Fsp3) is 0.688. The highest BCUT2D eigenvalue weighted by atomic mass is 32.1. The molecule has 0 aromatic carbocycles. The molecule has 0 unspecified atom stereocenters. The number of rotatable bonds is 4. The molecule has 2 aliphatic rings. The van der Waals surface area contributed by atoms with Crippen LogP contribution >= 0.6 is 11.3 Å². The summed E-state index contributed by atoms with van der Waals surface area (Å²) in [5.74, 6) is 0.208. The van der Waals surface area contributed by atoms with Gasteiger partial charge in [-0.15, -0.1) is 0 Å². The van der Waals surface area contributed by atoms with E-state index in [9.17, 15) is 9.59 Å². The van der Waals surface area contributed by atoms with Gasteiger partial charge in [0.25, 0.3) is 0 Å². The molecule has 7 heteroatoms. The monoisotopic (exact) mass is 336 g/mol. The lowest BCUT2D eigenvalue weighted by Crippen LogP contribution is -2.36. The summed E-state index contributed by atoms with van der Waals surface area (Å²) in [7, 11) is 0. The van der Waals surface area contributed by atoms with E-state index in [1.807, 2.05) is 11.8 Å². The lowest BCUT2D eigenvalue weighted by molar-refractivity contribution is -0.132. The minimum Gasteiger partial charge on any atom is -0.337 e. The quantitative estimate of drug-likeness (QED) is 0.888. The first kappa shape index (κ1) is 16.2. The van der Waals surface area contributed by atoms with Gasteiger partial charge in [-0.2, -0.15) is 0 Å². The second-order valence-corrected chi connectivity index (χ2v) is 7.37. The molecule has 1 aromatic heterocycles. The van der Waals surface area contributed by atoms with Gasteiger partial charge in [0.05, 0.1) is 12.2 Å². The van der Waals surface area contributed by atoms with Crippen molar-refractivity contribution in [1.29, 1.82) is 0 Å². The lowest BCUT2D eigenvalue weighted by Gasteiger charge is -2.25. The van der Waals surface area contributed by atoms with Crippen LogP contribution in [0, 0.1) is 0 Å². The number of aromatic nitrogens is 1. The van der Waals surface area contributed by atoms with E-state index in [0.29, 0.717) is 24.1 Å². The summed E-state index contributed by atoms with van der Waals surface area (Å²) in [6, 6.07) is 0.133. The molecule has 23 heavy (non-hydrogen) atoms. The number of amides is 3. The van der Waals surface area contributed by atoms with Crippen molar-refractivity contribution in [3.05, 3.63) is 10.6 Å². The molecule has 1 aromatic rings. The van der Waals surface area contributed by atoms with E-state index in [0.717, 1.165) is 42.8 Å². The van der Waals surface area contributed by atoms with Gasteiger partial charge in [-0.25, -0.2) is 9.78 Å². The van der Waals surface area contributed by atoms with Crippen LogP contribution in [0.25, 0.3) is 0 Å². The van der Waals surface area contributed by atoms with Crippen LogP contribution in [0.1, 0.15) is 56.0 Å². The molecule has 1 aliphatic carbocycles. The van der Waals surface area contributed by atoms with Crippen molar-refractivity contribution in [2.24, 2.45) is 0 Å². The molecular weight excluding hydrogens is 312 g/mol. The number of fused-ring (bicyclic) bond motifs is 1. The third kappa shape index (κ3) is 4.02. The van der Waals surface area contributed by atoms with Crippen LogP contribution in [0.15, 0.2) is 0 Å². The summed E-state index contributed by atoms with van der Waals surface area (Å²) >= 11 is 1.48. The van der Waals surface area contributed by atoms with Crippen molar-refractivity contribution in [3.63, 3.8) is 0 Å². The number of nitrogens with one attached hydrogen (secondary N) is 2. The third-order valence-corrected chi connectivity index (χ3v) is 5.46. The Morgan fingerprint density at radius 2 is 2.13 bits per heavy atom. The summed E-state index contributed by atoms with van der Waals surface area (Å²) in [5, 5.41) is 6.49. The zero-order valence-electron chi connectivity index (χ0n) is 13.6. The molecule has 1 saturated carbocycles. The van der Waals surface area contributed by atoms with E-state index >= 15 is 0 Å². The molecule has 1 aliphatic heterocycles. The Labute approximate surface area is 140 Å². The molecule has 3 amide bonds. The second kappa shape index (κ2) is 7.29. The zero-order valence-corrected chi connectivity index (χ0v) is 14.4. The van der Waals surface area contributed by atoms with Crippen LogP contribution in [0.5, 0.6) is 0 Å². The molecule has 0 atom stereocenters. The van der Waals surface area contributed by atoms with Crippen molar-refractivity contribution in [3.8, 4) is 0 Å².